The summed E-state index contributed by atoms with van der Waals surface area (Å²) in [6.07, 6.45) is 6.24. The van der Waals surface area contributed by atoms with Gasteiger partial charge < -0.3 is 14.4 Å². The molecule has 1 saturated heterocycles. The molecule has 0 aromatic heterocycles. The molecule has 2 amide bonds. The zero-order chi connectivity index (χ0) is 23.9. The normalized spacial score (nSPS) is 30.8. The van der Waals surface area contributed by atoms with Crippen LogP contribution >= 0.6 is 0 Å². The second kappa shape index (κ2) is 9.01. The van der Waals surface area contributed by atoms with Crippen molar-refractivity contribution in [1.29, 1.82) is 5.26 Å². The molecule has 4 rings (SSSR count). The molecule has 1 aliphatic heterocycles. The van der Waals surface area contributed by atoms with Crippen molar-refractivity contribution in [2.75, 3.05) is 33.7 Å². The average molecular weight is 473 g/mol. The first-order chi connectivity index (χ1) is 15.7. The summed E-state index contributed by atoms with van der Waals surface area (Å²) in [5.74, 6) is 0. The minimum Gasteiger partial charge on any atom is -0.321 e. The van der Waals surface area contributed by atoms with Gasteiger partial charge in [-0.25, -0.2) is 9.00 Å². The topological polar surface area (TPSA) is 87.9 Å². The van der Waals surface area contributed by atoms with Crippen LogP contribution in [0.2, 0.25) is 0 Å². The number of hydrogen-bond acceptors (Lipinski definition) is 4. The van der Waals surface area contributed by atoms with Crippen LogP contribution in [-0.2, 0) is 16.6 Å². The van der Waals surface area contributed by atoms with Crippen LogP contribution in [0.5, 0.6) is 0 Å². The molecule has 7 nitrogen and oxygen atoms in total. The summed E-state index contributed by atoms with van der Waals surface area (Å²) < 4.78 is 21.1. The highest BCUT2D eigenvalue weighted by Gasteiger charge is 2.56. The minimum absolute atomic E-state index is 0.0779. The summed E-state index contributed by atoms with van der Waals surface area (Å²) in [6.45, 7) is 2.99. The molecule has 2 aliphatic carbocycles. The Morgan fingerprint density at radius 3 is 2.27 bits per heavy atom. The first-order valence-electron chi connectivity index (χ1n) is 12.0. The quantitative estimate of drug-likeness (QED) is 0.610. The van der Waals surface area contributed by atoms with Crippen LogP contribution in [0.25, 0.3) is 0 Å². The third-order valence-corrected chi connectivity index (χ3v) is 9.40. The van der Waals surface area contributed by atoms with E-state index < -0.39 is 21.7 Å². The van der Waals surface area contributed by atoms with E-state index in [4.69, 9.17) is 0 Å². The lowest BCUT2D eigenvalue weighted by molar-refractivity contribution is 0.00730. The molecule has 2 saturated carbocycles. The Kier molecular flexibility index (Phi) is 6.60. The molecular weight excluding hydrogens is 436 g/mol. The van der Waals surface area contributed by atoms with Gasteiger partial charge in [0.2, 0.25) is 0 Å². The van der Waals surface area contributed by atoms with Crippen LogP contribution in [-0.4, -0.2) is 74.0 Å². The van der Waals surface area contributed by atoms with Gasteiger partial charge in [0.1, 0.15) is 0 Å². The van der Waals surface area contributed by atoms with E-state index in [9.17, 15) is 18.8 Å². The third kappa shape index (κ3) is 4.20. The second-order valence-electron chi connectivity index (χ2n) is 10.6. The number of nitrogens with zero attached hydrogens (tertiary/aromatic N) is 4. The Labute approximate surface area is 200 Å². The first-order valence-corrected chi connectivity index (χ1v) is 13.1. The van der Waals surface area contributed by atoms with Gasteiger partial charge in [0.15, 0.2) is 11.1 Å². The highest BCUT2D eigenvalue weighted by atomic mass is 32.2. The van der Waals surface area contributed by atoms with Crippen LogP contribution < -0.4 is 0 Å². The SMILES string of the molecule is CC(CN1CC2(CCC(c3ccccc3)(N(C)C)CC2)N(CC2(C#N)CCC2)C1=O)S(=O)O. The van der Waals surface area contributed by atoms with Crippen molar-refractivity contribution in [1.82, 2.24) is 14.7 Å². The lowest BCUT2D eigenvalue weighted by Crippen LogP contribution is -2.57. The molecule has 2 unspecified atom stereocenters. The van der Waals surface area contributed by atoms with Crippen molar-refractivity contribution < 1.29 is 13.6 Å². The molecule has 1 aromatic carbocycles. The molecule has 2 atom stereocenters. The van der Waals surface area contributed by atoms with E-state index in [2.05, 4.69) is 49.3 Å². The maximum absolute atomic E-state index is 13.6. The Morgan fingerprint density at radius 2 is 1.79 bits per heavy atom. The molecular formula is C25H36N4O3S. The van der Waals surface area contributed by atoms with Crippen molar-refractivity contribution in [3.63, 3.8) is 0 Å². The molecule has 1 spiro atoms. The Hall–Kier alpha value is -1.95. The number of benzene rings is 1. The number of hydrogen-bond donors (Lipinski definition) is 1. The fourth-order valence-electron chi connectivity index (χ4n) is 6.14. The standard InChI is InChI=1S/C25H36N4O3S/c1-20(33(31)32)16-28-19-24(29(22(28)30)18-23(17-26)10-7-11-23)12-14-25(15-13-24,27(2)3)21-8-5-4-6-9-21/h4-6,8-9,20H,7,10-16,18-19H2,1-3H3,(H,31,32). The van der Waals surface area contributed by atoms with E-state index in [1.807, 2.05) is 11.0 Å². The van der Waals surface area contributed by atoms with Gasteiger partial charge in [0.25, 0.3) is 0 Å². The van der Waals surface area contributed by atoms with Crippen molar-refractivity contribution in [3.05, 3.63) is 35.9 Å². The number of rotatable bonds is 7. The zero-order valence-corrected chi connectivity index (χ0v) is 20.8. The van der Waals surface area contributed by atoms with Gasteiger partial charge in [-0.05, 0) is 65.1 Å². The fraction of sp³-hybridized carbons (Fsp3) is 0.680. The van der Waals surface area contributed by atoms with Crippen molar-refractivity contribution >= 4 is 17.1 Å². The molecule has 1 heterocycles. The molecule has 3 fully saturated rings. The average Bonchev–Trinajstić information content (AvgIpc) is 3.02. The van der Waals surface area contributed by atoms with Gasteiger partial charge in [-0.2, -0.15) is 5.26 Å². The van der Waals surface area contributed by atoms with E-state index >= 15 is 0 Å². The second-order valence-corrected chi connectivity index (χ2v) is 12.0. The Balaban J connectivity index is 1.62. The van der Waals surface area contributed by atoms with Gasteiger partial charge in [0, 0.05) is 25.2 Å². The summed E-state index contributed by atoms with van der Waals surface area (Å²) in [5, 5.41) is 9.37. The predicted molar refractivity (Wildman–Crippen MR) is 129 cm³/mol. The Bertz CT molecular complexity index is 933. The molecule has 1 N–H and O–H groups in total. The van der Waals surface area contributed by atoms with Gasteiger partial charge >= 0.3 is 6.03 Å². The summed E-state index contributed by atoms with van der Waals surface area (Å²) in [6, 6.07) is 13.0. The van der Waals surface area contributed by atoms with Crippen molar-refractivity contribution in [2.45, 2.75) is 68.2 Å². The molecule has 3 aliphatic rings. The summed E-state index contributed by atoms with van der Waals surface area (Å²) in [5.41, 5.74) is 0.438. The lowest BCUT2D eigenvalue weighted by Gasteiger charge is -2.52. The van der Waals surface area contributed by atoms with Crippen LogP contribution in [0.1, 0.15) is 57.4 Å². The Morgan fingerprint density at radius 1 is 1.15 bits per heavy atom. The van der Waals surface area contributed by atoms with E-state index in [0.29, 0.717) is 13.1 Å². The van der Waals surface area contributed by atoms with Crippen LogP contribution in [0.4, 0.5) is 4.79 Å². The van der Waals surface area contributed by atoms with Gasteiger partial charge in [0.05, 0.1) is 22.3 Å². The summed E-state index contributed by atoms with van der Waals surface area (Å²) in [4.78, 5) is 19.6. The molecule has 1 aromatic rings. The van der Waals surface area contributed by atoms with Gasteiger partial charge in [-0.15, -0.1) is 0 Å². The summed E-state index contributed by atoms with van der Waals surface area (Å²) >= 11 is -1.98. The molecule has 180 valence electrons. The maximum atomic E-state index is 13.6. The zero-order valence-electron chi connectivity index (χ0n) is 20.0. The predicted octanol–water partition coefficient (Wildman–Crippen LogP) is 3.80. The summed E-state index contributed by atoms with van der Waals surface area (Å²) in [7, 11) is 4.26. The van der Waals surface area contributed by atoms with Crippen LogP contribution in [0.15, 0.2) is 30.3 Å². The number of nitriles is 1. The number of carbonyl (C=O) groups excluding carboxylic acids is 1. The molecule has 0 bridgehead atoms. The fourth-order valence-corrected chi connectivity index (χ4v) is 6.45. The van der Waals surface area contributed by atoms with Crippen LogP contribution in [0, 0.1) is 16.7 Å². The number of urea groups is 1. The van der Waals surface area contributed by atoms with Gasteiger partial charge in [-0.1, -0.05) is 36.8 Å². The van der Waals surface area contributed by atoms with Gasteiger partial charge in [-0.3, -0.25) is 4.90 Å². The monoisotopic (exact) mass is 472 g/mol. The van der Waals surface area contributed by atoms with Crippen molar-refractivity contribution in [3.8, 4) is 6.07 Å². The van der Waals surface area contributed by atoms with E-state index in [-0.39, 0.29) is 23.7 Å². The van der Waals surface area contributed by atoms with E-state index in [1.54, 1.807) is 11.8 Å². The van der Waals surface area contributed by atoms with E-state index in [0.717, 1.165) is 44.9 Å². The maximum Gasteiger partial charge on any atom is 0.320 e. The molecule has 8 heteroatoms. The third-order valence-electron chi connectivity index (χ3n) is 8.56. The smallest absolute Gasteiger partial charge is 0.320 e. The first kappa shape index (κ1) is 24.2. The van der Waals surface area contributed by atoms with E-state index in [1.165, 1.54) is 5.56 Å². The largest absolute Gasteiger partial charge is 0.321 e. The number of carbonyl (C=O) groups is 1. The highest BCUT2D eigenvalue weighted by Crippen LogP contribution is 2.51. The lowest BCUT2D eigenvalue weighted by atomic mass is 9.66. The molecule has 33 heavy (non-hydrogen) atoms. The highest BCUT2D eigenvalue weighted by molar-refractivity contribution is 7.79. The van der Waals surface area contributed by atoms with Crippen LogP contribution in [0.3, 0.4) is 0 Å². The number of amides is 2. The molecule has 0 radical (unpaired) electrons. The minimum atomic E-state index is -1.98. The van der Waals surface area contributed by atoms with Crippen molar-refractivity contribution in [2.24, 2.45) is 5.41 Å².